The highest BCUT2D eigenvalue weighted by atomic mass is 16.5. The van der Waals surface area contributed by atoms with E-state index in [2.05, 4.69) is 17.9 Å². The highest BCUT2D eigenvalue weighted by molar-refractivity contribution is 4.57. The molecule has 0 aromatic carbocycles. The van der Waals surface area contributed by atoms with Crippen molar-refractivity contribution < 1.29 is 14.9 Å². The van der Waals surface area contributed by atoms with Crippen LogP contribution in [0.3, 0.4) is 0 Å². The summed E-state index contributed by atoms with van der Waals surface area (Å²) in [6, 6.07) is 0. The molecule has 1 atom stereocenters. The van der Waals surface area contributed by atoms with E-state index < -0.39 is 6.10 Å². The van der Waals surface area contributed by atoms with Gasteiger partial charge in [-0.15, -0.1) is 0 Å². The Kier molecular flexibility index (Phi) is 13.9. The predicted octanol–water partition coefficient (Wildman–Crippen LogP) is 1.04. The highest BCUT2D eigenvalue weighted by Crippen LogP contribution is 1.83. The molecule has 0 spiro atoms. The van der Waals surface area contributed by atoms with E-state index in [9.17, 15) is 0 Å². The number of hydrogen-bond acceptors (Lipinski definition) is 3. The van der Waals surface area contributed by atoms with Gasteiger partial charge in [0.15, 0.2) is 0 Å². The zero-order valence-electron chi connectivity index (χ0n) is 6.86. The van der Waals surface area contributed by atoms with Crippen LogP contribution < -0.4 is 0 Å². The molecule has 0 fully saturated rings. The zero-order chi connectivity index (χ0) is 9.11. The lowest BCUT2D eigenvalue weighted by Gasteiger charge is -1.97. The van der Waals surface area contributed by atoms with Crippen LogP contribution in [0.5, 0.6) is 0 Å². The van der Waals surface area contributed by atoms with Crippen molar-refractivity contribution in [2.75, 3.05) is 6.61 Å². The van der Waals surface area contributed by atoms with Crippen LogP contribution in [0.25, 0.3) is 0 Å². The Morgan fingerprint density at radius 1 is 1.45 bits per heavy atom. The minimum absolute atomic E-state index is 0.115. The van der Waals surface area contributed by atoms with Crippen molar-refractivity contribution in [1.29, 1.82) is 0 Å². The van der Waals surface area contributed by atoms with Crippen molar-refractivity contribution in [3.63, 3.8) is 0 Å². The summed E-state index contributed by atoms with van der Waals surface area (Å²) >= 11 is 0. The fraction of sp³-hybridized carbons (Fsp3) is 0.500. The molecule has 0 aromatic heterocycles. The van der Waals surface area contributed by atoms with Gasteiger partial charge >= 0.3 is 0 Å². The molecule has 0 rings (SSSR count). The van der Waals surface area contributed by atoms with E-state index in [0.717, 1.165) is 0 Å². The summed E-state index contributed by atoms with van der Waals surface area (Å²) in [5, 5.41) is 16.5. The number of ether oxygens (including phenoxy) is 1. The monoisotopic (exact) mass is 160 g/mol. The Morgan fingerprint density at radius 3 is 1.91 bits per heavy atom. The third-order valence-electron chi connectivity index (χ3n) is 0.874. The van der Waals surface area contributed by atoms with Gasteiger partial charge in [0.25, 0.3) is 0 Å². The molecule has 66 valence electrons. The first kappa shape index (κ1) is 12.8. The first-order chi connectivity index (χ1) is 5.22. The molecule has 0 bridgehead atoms. The SMILES string of the molecule is C=COC=C.CCC(O)CO. The van der Waals surface area contributed by atoms with Gasteiger partial charge in [0.2, 0.25) is 0 Å². The number of aliphatic hydroxyl groups is 2. The second-order valence-electron chi connectivity index (χ2n) is 1.71. The van der Waals surface area contributed by atoms with E-state index in [4.69, 9.17) is 10.2 Å². The maximum atomic E-state index is 8.42. The normalized spacial score (nSPS) is 10.5. The lowest BCUT2D eigenvalue weighted by atomic mass is 10.3. The van der Waals surface area contributed by atoms with Crippen molar-refractivity contribution in [3.8, 4) is 0 Å². The topological polar surface area (TPSA) is 49.7 Å². The highest BCUT2D eigenvalue weighted by Gasteiger charge is 1.92. The van der Waals surface area contributed by atoms with Gasteiger partial charge in [-0.2, -0.15) is 0 Å². The summed E-state index contributed by atoms with van der Waals surface area (Å²) in [6.45, 7) is 8.22. The molecule has 0 saturated heterocycles. The second kappa shape index (κ2) is 11.9. The summed E-state index contributed by atoms with van der Waals surface area (Å²) in [7, 11) is 0. The predicted molar refractivity (Wildman–Crippen MR) is 44.9 cm³/mol. The zero-order valence-corrected chi connectivity index (χ0v) is 6.86. The van der Waals surface area contributed by atoms with E-state index in [1.165, 1.54) is 12.5 Å². The quantitative estimate of drug-likeness (QED) is 0.604. The van der Waals surface area contributed by atoms with Gasteiger partial charge in [-0.25, -0.2) is 0 Å². The van der Waals surface area contributed by atoms with E-state index in [-0.39, 0.29) is 6.61 Å². The first-order valence-corrected chi connectivity index (χ1v) is 3.39. The van der Waals surface area contributed by atoms with Crippen molar-refractivity contribution in [2.45, 2.75) is 19.4 Å². The summed E-state index contributed by atoms with van der Waals surface area (Å²) in [5.41, 5.74) is 0. The molecule has 0 saturated carbocycles. The first-order valence-electron chi connectivity index (χ1n) is 3.39. The van der Waals surface area contributed by atoms with Gasteiger partial charge in [-0.05, 0) is 6.42 Å². The Balaban J connectivity index is 0. The Labute approximate surface area is 67.6 Å². The summed E-state index contributed by atoms with van der Waals surface area (Å²) in [4.78, 5) is 0. The van der Waals surface area contributed by atoms with E-state index in [0.29, 0.717) is 6.42 Å². The third kappa shape index (κ3) is 17.6. The maximum Gasteiger partial charge on any atom is 0.0829 e. The largest absolute Gasteiger partial charge is 0.474 e. The van der Waals surface area contributed by atoms with Crippen LogP contribution in [0.4, 0.5) is 0 Å². The van der Waals surface area contributed by atoms with Crippen LogP contribution in [0, 0.1) is 0 Å². The second-order valence-corrected chi connectivity index (χ2v) is 1.71. The number of rotatable bonds is 4. The molecule has 3 nitrogen and oxygen atoms in total. The average Bonchev–Trinajstić information content (AvgIpc) is 2.06. The molecular formula is C8H16O3. The molecule has 0 radical (unpaired) electrons. The fourth-order valence-corrected chi connectivity index (χ4v) is 0.197. The standard InChI is InChI=1S/C4H10O2.C4H6O/c1-2-4(6)3-5;1-3-5-4-2/h4-6H,2-3H2,1H3;3-4H,1-2H2. The van der Waals surface area contributed by atoms with E-state index in [1.54, 1.807) is 0 Å². The molecule has 0 amide bonds. The van der Waals surface area contributed by atoms with Gasteiger partial charge in [0, 0.05) is 0 Å². The van der Waals surface area contributed by atoms with Gasteiger partial charge in [0.1, 0.15) is 0 Å². The molecule has 0 aliphatic carbocycles. The Hall–Kier alpha value is -0.800. The lowest BCUT2D eigenvalue weighted by Crippen LogP contribution is -2.08. The number of aliphatic hydroxyl groups excluding tert-OH is 2. The van der Waals surface area contributed by atoms with Crippen LogP contribution in [0.15, 0.2) is 25.7 Å². The van der Waals surface area contributed by atoms with Crippen LogP contribution >= 0.6 is 0 Å². The molecule has 1 unspecified atom stereocenters. The van der Waals surface area contributed by atoms with Crippen LogP contribution in [0.1, 0.15) is 13.3 Å². The van der Waals surface area contributed by atoms with Crippen molar-refractivity contribution >= 4 is 0 Å². The smallest absolute Gasteiger partial charge is 0.0829 e. The molecule has 2 N–H and O–H groups in total. The average molecular weight is 160 g/mol. The lowest BCUT2D eigenvalue weighted by molar-refractivity contribution is 0.0923. The molecule has 0 aliphatic rings. The van der Waals surface area contributed by atoms with E-state index >= 15 is 0 Å². The third-order valence-corrected chi connectivity index (χ3v) is 0.874. The minimum Gasteiger partial charge on any atom is -0.474 e. The van der Waals surface area contributed by atoms with Crippen LogP contribution in [-0.2, 0) is 4.74 Å². The Bertz CT molecular complexity index is 81.3. The van der Waals surface area contributed by atoms with Gasteiger partial charge < -0.3 is 14.9 Å². The van der Waals surface area contributed by atoms with Crippen molar-refractivity contribution in [2.24, 2.45) is 0 Å². The van der Waals surface area contributed by atoms with Crippen molar-refractivity contribution in [1.82, 2.24) is 0 Å². The summed E-state index contributed by atoms with van der Waals surface area (Å²) in [5.74, 6) is 0. The minimum atomic E-state index is -0.509. The van der Waals surface area contributed by atoms with Crippen molar-refractivity contribution in [3.05, 3.63) is 25.7 Å². The molecule has 11 heavy (non-hydrogen) atoms. The fourth-order valence-electron chi connectivity index (χ4n) is 0.197. The number of hydrogen-bond donors (Lipinski definition) is 2. The van der Waals surface area contributed by atoms with Gasteiger partial charge in [0.05, 0.1) is 25.2 Å². The maximum absolute atomic E-state index is 8.42. The molecule has 0 aliphatic heterocycles. The molecule has 0 aromatic rings. The summed E-state index contributed by atoms with van der Waals surface area (Å²) < 4.78 is 4.36. The molecular weight excluding hydrogens is 144 g/mol. The summed E-state index contributed by atoms with van der Waals surface area (Å²) in [6.07, 6.45) is 2.75. The van der Waals surface area contributed by atoms with Gasteiger partial charge in [-0.1, -0.05) is 20.1 Å². The van der Waals surface area contributed by atoms with Crippen LogP contribution in [0.2, 0.25) is 0 Å². The van der Waals surface area contributed by atoms with Crippen LogP contribution in [-0.4, -0.2) is 22.9 Å². The van der Waals surface area contributed by atoms with Gasteiger partial charge in [-0.3, -0.25) is 0 Å². The molecule has 0 heterocycles. The van der Waals surface area contributed by atoms with E-state index in [1.807, 2.05) is 6.92 Å². The Morgan fingerprint density at radius 2 is 1.91 bits per heavy atom. The molecule has 3 heteroatoms.